The van der Waals surface area contributed by atoms with Crippen molar-refractivity contribution in [3.05, 3.63) is 10.6 Å². The third-order valence-corrected chi connectivity index (χ3v) is 5.79. The summed E-state index contributed by atoms with van der Waals surface area (Å²) in [6, 6.07) is 0.484. The van der Waals surface area contributed by atoms with E-state index in [9.17, 15) is 0 Å². The number of aromatic nitrogens is 1. The molecule has 120 valence electrons. The predicted octanol–water partition coefficient (Wildman–Crippen LogP) is 3.12. The molecule has 0 radical (unpaired) electrons. The van der Waals surface area contributed by atoms with Crippen molar-refractivity contribution in [1.82, 2.24) is 10.3 Å². The molecule has 2 heterocycles. The zero-order valence-electron chi connectivity index (χ0n) is 13.7. The fourth-order valence-electron chi connectivity index (χ4n) is 2.52. The van der Waals surface area contributed by atoms with Crippen molar-refractivity contribution >= 4 is 28.2 Å². The van der Waals surface area contributed by atoms with E-state index in [4.69, 9.17) is 9.72 Å². The molecule has 1 saturated heterocycles. The Kier molecular flexibility index (Phi) is 6.34. The van der Waals surface area contributed by atoms with Gasteiger partial charge in [0.1, 0.15) is 0 Å². The number of thiazole rings is 1. The van der Waals surface area contributed by atoms with Crippen molar-refractivity contribution < 1.29 is 4.74 Å². The predicted molar refractivity (Wildman–Crippen MR) is 93.5 cm³/mol. The van der Waals surface area contributed by atoms with Gasteiger partial charge in [0, 0.05) is 48.2 Å². The Morgan fingerprint density at radius 3 is 2.57 bits per heavy atom. The standard InChI is InChI=1S/C15H27N3OS2/c1-10(2)16-6-14-13(9-19-5)17-15(21-14)18-7-11(3)20-12(4)8-18/h10-12,16H,6-9H2,1-5H3. The molecule has 2 unspecified atom stereocenters. The average molecular weight is 330 g/mol. The van der Waals surface area contributed by atoms with E-state index in [0.717, 1.165) is 30.5 Å². The second kappa shape index (κ2) is 7.81. The highest BCUT2D eigenvalue weighted by molar-refractivity contribution is 8.00. The largest absolute Gasteiger partial charge is 0.378 e. The maximum atomic E-state index is 5.31. The van der Waals surface area contributed by atoms with Crippen molar-refractivity contribution in [2.45, 2.75) is 57.4 Å². The van der Waals surface area contributed by atoms with Crippen LogP contribution in [0.5, 0.6) is 0 Å². The highest BCUT2D eigenvalue weighted by Crippen LogP contribution is 2.33. The van der Waals surface area contributed by atoms with Crippen LogP contribution < -0.4 is 10.2 Å². The van der Waals surface area contributed by atoms with E-state index in [1.165, 1.54) is 4.88 Å². The van der Waals surface area contributed by atoms with E-state index in [1.807, 2.05) is 11.3 Å². The Morgan fingerprint density at radius 2 is 2.00 bits per heavy atom. The number of methoxy groups -OCH3 is 1. The maximum Gasteiger partial charge on any atom is 0.185 e. The summed E-state index contributed by atoms with van der Waals surface area (Å²) in [4.78, 5) is 8.58. The third-order valence-electron chi connectivity index (χ3n) is 3.41. The summed E-state index contributed by atoms with van der Waals surface area (Å²) in [5.41, 5.74) is 1.09. The molecule has 1 aliphatic rings. The van der Waals surface area contributed by atoms with Gasteiger partial charge in [0.15, 0.2) is 5.13 Å². The molecule has 0 aromatic carbocycles. The molecule has 0 spiro atoms. The lowest BCUT2D eigenvalue weighted by Gasteiger charge is -2.34. The Hall–Kier alpha value is -0.300. The van der Waals surface area contributed by atoms with Gasteiger partial charge in [-0.25, -0.2) is 4.98 Å². The van der Waals surface area contributed by atoms with Crippen molar-refractivity contribution in [2.24, 2.45) is 0 Å². The molecule has 0 amide bonds. The monoisotopic (exact) mass is 329 g/mol. The normalized spacial score (nSPS) is 23.0. The number of ether oxygens (including phenoxy) is 1. The Labute approximate surface area is 136 Å². The minimum atomic E-state index is 0.484. The van der Waals surface area contributed by atoms with Crippen LogP contribution in [0.2, 0.25) is 0 Å². The van der Waals surface area contributed by atoms with Crippen molar-refractivity contribution in [3.63, 3.8) is 0 Å². The summed E-state index contributed by atoms with van der Waals surface area (Å²) in [7, 11) is 1.74. The topological polar surface area (TPSA) is 37.4 Å². The van der Waals surface area contributed by atoms with Crippen LogP contribution in [0, 0.1) is 0 Å². The molecule has 1 aliphatic heterocycles. The van der Waals surface area contributed by atoms with Gasteiger partial charge in [-0.1, -0.05) is 27.7 Å². The molecule has 1 aromatic rings. The van der Waals surface area contributed by atoms with Crippen molar-refractivity contribution in [2.75, 3.05) is 25.1 Å². The molecule has 21 heavy (non-hydrogen) atoms. The molecule has 2 rings (SSSR count). The molecule has 1 N–H and O–H groups in total. The van der Waals surface area contributed by atoms with Crippen LogP contribution in [0.15, 0.2) is 0 Å². The lowest BCUT2D eigenvalue weighted by molar-refractivity contribution is 0.181. The third kappa shape index (κ3) is 4.84. The first-order valence-electron chi connectivity index (χ1n) is 7.61. The molecule has 0 bridgehead atoms. The van der Waals surface area contributed by atoms with E-state index in [-0.39, 0.29) is 0 Å². The fraction of sp³-hybridized carbons (Fsp3) is 0.800. The second-order valence-electron chi connectivity index (χ2n) is 6.00. The number of nitrogens with one attached hydrogen (secondary N) is 1. The van der Waals surface area contributed by atoms with Crippen LogP contribution in [0.25, 0.3) is 0 Å². The number of hydrogen-bond acceptors (Lipinski definition) is 6. The lowest BCUT2D eigenvalue weighted by atomic mass is 10.3. The number of thioether (sulfide) groups is 1. The number of hydrogen-bond donors (Lipinski definition) is 1. The highest BCUT2D eigenvalue weighted by atomic mass is 32.2. The molecular formula is C15H27N3OS2. The molecule has 4 nitrogen and oxygen atoms in total. The van der Waals surface area contributed by atoms with Crippen molar-refractivity contribution in [3.8, 4) is 0 Å². The van der Waals surface area contributed by atoms with Crippen LogP contribution in [0.4, 0.5) is 5.13 Å². The second-order valence-corrected chi connectivity index (χ2v) is 8.94. The molecule has 0 saturated carbocycles. The minimum absolute atomic E-state index is 0.484. The molecule has 2 atom stereocenters. The Balaban J connectivity index is 2.13. The minimum Gasteiger partial charge on any atom is -0.378 e. The van der Waals surface area contributed by atoms with Gasteiger partial charge in [-0.3, -0.25) is 0 Å². The molecule has 0 aliphatic carbocycles. The van der Waals surface area contributed by atoms with Crippen LogP contribution in [0.3, 0.4) is 0 Å². The van der Waals surface area contributed by atoms with E-state index in [1.54, 1.807) is 7.11 Å². The van der Waals surface area contributed by atoms with Crippen molar-refractivity contribution in [1.29, 1.82) is 0 Å². The molecule has 1 fully saturated rings. The SMILES string of the molecule is COCc1nc(N2CC(C)SC(C)C2)sc1CNC(C)C. The van der Waals surface area contributed by atoms with Gasteiger partial charge in [0.2, 0.25) is 0 Å². The summed E-state index contributed by atoms with van der Waals surface area (Å²) in [6.07, 6.45) is 0. The smallest absolute Gasteiger partial charge is 0.185 e. The van der Waals surface area contributed by atoms with Gasteiger partial charge in [0.25, 0.3) is 0 Å². The molecule has 6 heteroatoms. The van der Waals surface area contributed by atoms with Gasteiger partial charge in [-0.2, -0.15) is 11.8 Å². The van der Waals surface area contributed by atoms with Crippen LogP contribution in [-0.2, 0) is 17.9 Å². The van der Waals surface area contributed by atoms with E-state index in [2.05, 4.69) is 49.7 Å². The summed E-state index contributed by atoms with van der Waals surface area (Å²) >= 11 is 3.89. The first-order valence-corrected chi connectivity index (χ1v) is 9.36. The summed E-state index contributed by atoms with van der Waals surface area (Å²) < 4.78 is 5.31. The molecular weight excluding hydrogens is 302 g/mol. The summed E-state index contributed by atoms with van der Waals surface area (Å²) in [5, 5.41) is 5.98. The lowest BCUT2D eigenvalue weighted by Crippen LogP contribution is -2.40. The summed E-state index contributed by atoms with van der Waals surface area (Å²) in [5.74, 6) is 0. The maximum absolute atomic E-state index is 5.31. The van der Waals surface area contributed by atoms with E-state index < -0.39 is 0 Å². The van der Waals surface area contributed by atoms with E-state index >= 15 is 0 Å². The quantitative estimate of drug-likeness (QED) is 0.868. The Morgan fingerprint density at radius 1 is 1.33 bits per heavy atom. The fourth-order valence-corrected chi connectivity index (χ4v) is 4.88. The van der Waals surface area contributed by atoms with E-state index in [0.29, 0.717) is 23.1 Å². The molecule has 1 aromatic heterocycles. The number of nitrogens with zero attached hydrogens (tertiary/aromatic N) is 2. The average Bonchev–Trinajstić information content (AvgIpc) is 2.79. The zero-order chi connectivity index (χ0) is 15.4. The van der Waals surface area contributed by atoms with Gasteiger partial charge in [0.05, 0.1) is 12.3 Å². The Bertz CT molecular complexity index is 440. The number of anilines is 1. The highest BCUT2D eigenvalue weighted by Gasteiger charge is 2.25. The number of rotatable bonds is 6. The van der Waals surface area contributed by atoms with Gasteiger partial charge >= 0.3 is 0 Å². The zero-order valence-corrected chi connectivity index (χ0v) is 15.3. The van der Waals surface area contributed by atoms with Crippen LogP contribution in [-0.4, -0.2) is 41.7 Å². The summed E-state index contributed by atoms with van der Waals surface area (Å²) in [6.45, 7) is 12.6. The first-order chi connectivity index (χ1) is 9.99. The van der Waals surface area contributed by atoms with Crippen LogP contribution in [0.1, 0.15) is 38.3 Å². The van der Waals surface area contributed by atoms with Gasteiger partial charge in [-0.15, -0.1) is 11.3 Å². The van der Waals surface area contributed by atoms with Gasteiger partial charge in [-0.05, 0) is 0 Å². The van der Waals surface area contributed by atoms with Gasteiger partial charge < -0.3 is 15.0 Å². The van der Waals surface area contributed by atoms with Crippen LogP contribution >= 0.6 is 23.1 Å². The first kappa shape index (κ1) is 17.1.